The maximum atomic E-state index is 12.1. The molecule has 2 rings (SSSR count). The Morgan fingerprint density at radius 1 is 1.16 bits per heavy atom. The minimum atomic E-state index is -0.190. The Labute approximate surface area is 110 Å². The van der Waals surface area contributed by atoms with Crippen LogP contribution in [0.25, 0.3) is 0 Å². The third kappa shape index (κ3) is 3.15. The molecule has 0 spiro atoms. The van der Waals surface area contributed by atoms with E-state index in [2.05, 4.69) is 10.3 Å². The summed E-state index contributed by atoms with van der Waals surface area (Å²) in [6, 6.07) is 14.1. The molecular weight excluding hydrogens is 240 g/mol. The van der Waals surface area contributed by atoms with Gasteiger partial charge in [-0.15, -0.1) is 0 Å². The fourth-order valence-corrected chi connectivity index (χ4v) is 1.73. The van der Waals surface area contributed by atoms with Gasteiger partial charge >= 0.3 is 0 Å². The zero-order chi connectivity index (χ0) is 13.7. The second-order valence-corrected chi connectivity index (χ2v) is 4.02. The minimum absolute atomic E-state index is 0.190. The molecule has 4 nitrogen and oxygen atoms in total. The number of nitrogens with zero attached hydrogens (tertiary/aromatic N) is 1. The molecule has 0 aliphatic rings. The highest BCUT2D eigenvalue weighted by Crippen LogP contribution is 2.18. The van der Waals surface area contributed by atoms with Crippen molar-refractivity contribution in [3.63, 3.8) is 0 Å². The van der Waals surface area contributed by atoms with Crippen LogP contribution in [0.1, 0.15) is 15.9 Å². The first-order valence-electron chi connectivity index (χ1n) is 5.75. The zero-order valence-corrected chi connectivity index (χ0v) is 10.4. The van der Waals surface area contributed by atoms with Crippen LogP contribution in [0.3, 0.4) is 0 Å². The lowest BCUT2D eigenvalue weighted by Crippen LogP contribution is -2.13. The van der Waals surface area contributed by atoms with Crippen LogP contribution in [0.15, 0.2) is 53.5 Å². The summed E-state index contributed by atoms with van der Waals surface area (Å²) < 4.78 is 0. The van der Waals surface area contributed by atoms with Crippen molar-refractivity contribution >= 4 is 23.4 Å². The second-order valence-electron chi connectivity index (χ2n) is 4.02. The molecule has 0 bridgehead atoms. The molecule has 2 aromatic rings. The number of amides is 1. The molecule has 2 aromatic carbocycles. The molecule has 0 atom stereocenters. The Kier molecular flexibility index (Phi) is 3.86. The lowest BCUT2D eigenvalue weighted by Gasteiger charge is -2.07. The Balaban J connectivity index is 2.22. The van der Waals surface area contributed by atoms with Crippen LogP contribution in [0, 0.1) is 6.92 Å². The standard InChI is InChI=1S/C15H12N2O2/c1-11-5-2-3-8-14(11)15(19)17-13-7-4-6-12(9-13)16-10-18/h2-9H,1H3,(H,17,19). The number of benzene rings is 2. The molecule has 0 unspecified atom stereocenters. The van der Waals surface area contributed by atoms with Crippen LogP contribution in [-0.2, 0) is 4.79 Å². The van der Waals surface area contributed by atoms with Gasteiger partial charge in [-0.3, -0.25) is 4.79 Å². The molecule has 1 amide bonds. The molecular formula is C15H12N2O2. The molecule has 0 heterocycles. The van der Waals surface area contributed by atoms with Gasteiger partial charge < -0.3 is 5.32 Å². The number of hydrogen-bond donors (Lipinski definition) is 1. The predicted molar refractivity (Wildman–Crippen MR) is 73.4 cm³/mol. The summed E-state index contributed by atoms with van der Waals surface area (Å²) in [5.74, 6) is -0.190. The summed E-state index contributed by atoms with van der Waals surface area (Å²) in [6.45, 7) is 1.88. The van der Waals surface area contributed by atoms with E-state index in [9.17, 15) is 9.59 Å². The molecule has 4 heteroatoms. The van der Waals surface area contributed by atoms with Crippen molar-refractivity contribution in [2.45, 2.75) is 6.92 Å². The first kappa shape index (κ1) is 12.7. The molecule has 94 valence electrons. The van der Waals surface area contributed by atoms with Gasteiger partial charge in [0.25, 0.3) is 5.91 Å². The average Bonchev–Trinajstić information content (AvgIpc) is 2.40. The summed E-state index contributed by atoms with van der Waals surface area (Å²) in [6.07, 6.45) is 1.47. The molecule has 0 saturated carbocycles. The highest BCUT2D eigenvalue weighted by atomic mass is 16.1. The first-order chi connectivity index (χ1) is 9.20. The van der Waals surface area contributed by atoms with Crippen molar-refractivity contribution < 1.29 is 9.59 Å². The van der Waals surface area contributed by atoms with E-state index in [0.29, 0.717) is 16.9 Å². The topological polar surface area (TPSA) is 58.5 Å². The number of aryl methyl sites for hydroxylation is 1. The van der Waals surface area contributed by atoms with Gasteiger partial charge in [-0.1, -0.05) is 24.3 Å². The third-order valence-corrected chi connectivity index (χ3v) is 2.67. The van der Waals surface area contributed by atoms with Crippen LogP contribution in [0.5, 0.6) is 0 Å². The predicted octanol–water partition coefficient (Wildman–Crippen LogP) is 3.21. The fraction of sp³-hybridized carbons (Fsp3) is 0.0667. The largest absolute Gasteiger partial charge is 0.322 e. The van der Waals surface area contributed by atoms with Gasteiger partial charge in [-0.25, -0.2) is 4.79 Å². The SMILES string of the molecule is Cc1ccccc1C(=O)Nc1cccc(N=C=O)c1. The van der Waals surface area contributed by atoms with Crippen molar-refractivity contribution in [2.75, 3.05) is 5.32 Å². The maximum absolute atomic E-state index is 12.1. The van der Waals surface area contributed by atoms with Crippen molar-refractivity contribution in [2.24, 2.45) is 4.99 Å². The van der Waals surface area contributed by atoms with Gasteiger partial charge in [0.2, 0.25) is 6.08 Å². The van der Waals surface area contributed by atoms with E-state index < -0.39 is 0 Å². The van der Waals surface area contributed by atoms with E-state index in [1.165, 1.54) is 6.08 Å². The smallest absolute Gasteiger partial charge is 0.255 e. The number of carbonyl (C=O) groups is 1. The van der Waals surface area contributed by atoms with Gasteiger partial charge in [0.15, 0.2) is 0 Å². The van der Waals surface area contributed by atoms with E-state index >= 15 is 0 Å². The lowest BCUT2D eigenvalue weighted by atomic mass is 10.1. The quantitative estimate of drug-likeness (QED) is 0.673. The van der Waals surface area contributed by atoms with Crippen LogP contribution in [0.2, 0.25) is 0 Å². The van der Waals surface area contributed by atoms with Crippen molar-refractivity contribution in [1.29, 1.82) is 0 Å². The van der Waals surface area contributed by atoms with Gasteiger partial charge in [0.05, 0.1) is 5.69 Å². The normalized spacial score (nSPS) is 9.53. The molecule has 0 saturated heterocycles. The monoisotopic (exact) mass is 252 g/mol. The number of nitrogens with one attached hydrogen (secondary N) is 1. The Morgan fingerprint density at radius 3 is 2.68 bits per heavy atom. The van der Waals surface area contributed by atoms with Crippen LogP contribution >= 0.6 is 0 Å². The van der Waals surface area contributed by atoms with Gasteiger partial charge in [0.1, 0.15) is 0 Å². The number of anilines is 1. The number of aliphatic imine (C=N–C) groups is 1. The van der Waals surface area contributed by atoms with Gasteiger partial charge in [-0.2, -0.15) is 4.99 Å². The van der Waals surface area contributed by atoms with E-state index in [1.807, 2.05) is 25.1 Å². The Bertz CT molecular complexity index is 659. The highest BCUT2D eigenvalue weighted by Gasteiger charge is 2.08. The number of isocyanates is 1. The van der Waals surface area contributed by atoms with Crippen LogP contribution in [0.4, 0.5) is 11.4 Å². The van der Waals surface area contributed by atoms with Crippen molar-refractivity contribution in [3.8, 4) is 0 Å². The van der Waals surface area contributed by atoms with Gasteiger partial charge in [0, 0.05) is 11.3 Å². The number of rotatable bonds is 3. The number of carbonyl (C=O) groups excluding carboxylic acids is 2. The molecule has 0 fully saturated rings. The molecule has 0 aliphatic heterocycles. The summed E-state index contributed by atoms with van der Waals surface area (Å²) in [7, 11) is 0. The molecule has 0 aliphatic carbocycles. The van der Waals surface area contributed by atoms with E-state index in [0.717, 1.165) is 5.56 Å². The Morgan fingerprint density at radius 2 is 1.95 bits per heavy atom. The lowest BCUT2D eigenvalue weighted by molar-refractivity contribution is 0.102. The van der Waals surface area contributed by atoms with Crippen molar-refractivity contribution in [3.05, 3.63) is 59.7 Å². The van der Waals surface area contributed by atoms with E-state index in [4.69, 9.17) is 0 Å². The zero-order valence-electron chi connectivity index (χ0n) is 10.4. The summed E-state index contributed by atoms with van der Waals surface area (Å²) >= 11 is 0. The van der Waals surface area contributed by atoms with E-state index in [1.54, 1.807) is 30.3 Å². The molecule has 0 radical (unpaired) electrons. The minimum Gasteiger partial charge on any atom is -0.322 e. The van der Waals surface area contributed by atoms with Gasteiger partial charge in [-0.05, 0) is 36.8 Å². The summed E-state index contributed by atoms with van der Waals surface area (Å²) in [5, 5.41) is 2.77. The average molecular weight is 252 g/mol. The molecule has 19 heavy (non-hydrogen) atoms. The first-order valence-corrected chi connectivity index (χ1v) is 5.75. The fourth-order valence-electron chi connectivity index (χ4n) is 1.73. The maximum Gasteiger partial charge on any atom is 0.255 e. The van der Waals surface area contributed by atoms with Crippen LogP contribution < -0.4 is 5.32 Å². The summed E-state index contributed by atoms with van der Waals surface area (Å²) in [5.41, 5.74) is 2.57. The summed E-state index contributed by atoms with van der Waals surface area (Å²) in [4.78, 5) is 25.8. The second kappa shape index (κ2) is 5.76. The highest BCUT2D eigenvalue weighted by molar-refractivity contribution is 6.05. The Hall–Kier alpha value is -2.71. The van der Waals surface area contributed by atoms with Crippen LogP contribution in [-0.4, -0.2) is 12.0 Å². The number of hydrogen-bond acceptors (Lipinski definition) is 3. The molecule has 0 aromatic heterocycles. The third-order valence-electron chi connectivity index (χ3n) is 2.67. The van der Waals surface area contributed by atoms with E-state index in [-0.39, 0.29) is 5.91 Å². The van der Waals surface area contributed by atoms with Crippen molar-refractivity contribution in [1.82, 2.24) is 0 Å². The molecule has 1 N–H and O–H groups in total.